The minimum absolute atomic E-state index is 0.0245. The highest BCUT2D eigenvalue weighted by molar-refractivity contribution is 6.32. The number of hydrogen-bond donors (Lipinski definition) is 3. The minimum atomic E-state index is -0.725. The first-order chi connectivity index (χ1) is 31.5. The van der Waals surface area contributed by atoms with Crippen LogP contribution in [0.25, 0.3) is 22.5 Å². The lowest BCUT2D eigenvalue weighted by Gasteiger charge is -2.34. The van der Waals surface area contributed by atoms with Crippen molar-refractivity contribution in [2.45, 2.75) is 123 Å². The van der Waals surface area contributed by atoms with Crippen molar-refractivity contribution < 1.29 is 19.1 Å². The largest absolute Gasteiger partial charge is 0.453 e. The third-order valence-electron chi connectivity index (χ3n) is 13.5. The number of imidazole rings is 2. The summed E-state index contributed by atoms with van der Waals surface area (Å²) in [5, 5.41) is 3.60. The van der Waals surface area contributed by atoms with Crippen molar-refractivity contribution in [1.82, 2.24) is 35.1 Å². The number of amides is 3. The van der Waals surface area contributed by atoms with E-state index in [0.29, 0.717) is 40.6 Å². The molecule has 66 heavy (non-hydrogen) atoms. The van der Waals surface area contributed by atoms with Crippen LogP contribution in [0.5, 0.6) is 0 Å². The fourth-order valence-electron chi connectivity index (χ4n) is 10.0. The molecule has 3 saturated heterocycles. The fourth-order valence-corrected chi connectivity index (χ4v) is 10.5. The molecule has 12 nitrogen and oxygen atoms in total. The van der Waals surface area contributed by atoms with Crippen LogP contribution in [0.1, 0.15) is 139 Å². The summed E-state index contributed by atoms with van der Waals surface area (Å²) in [6.45, 7) is 15.8. The van der Waals surface area contributed by atoms with Gasteiger partial charge in [-0.25, -0.2) is 14.8 Å². The normalized spacial score (nSPS) is 20.5. The monoisotopic (exact) mass is 933 g/mol. The number of hydrogen-bond acceptors (Lipinski definition) is 7. The van der Waals surface area contributed by atoms with E-state index in [9.17, 15) is 14.4 Å². The van der Waals surface area contributed by atoms with Gasteiger partial charge in [0.1, 0.15) is 39.4 Å². The van der Waals surface area contributed by atoms with Crippen molar-refractivity contribution in [2.75, 3.05) is 25.1 Å². The number of alkyl carbamates (subject to hydrolysis) is 1. The molecule has 8 rings (SSSR count). The molecule has 3 aliphatic heterocycles. The number of aromatic nitrogens is 4. The van der Waals surface area contributed by atoms with E-state index in [-0.39, 0.29) is 53.2 Å². The van der Waals surface area contributed by atoms with Crippen molar-refractivity contribution in [2.24, 2.45) is 11.8 Å². The number of methoxy groups -OCH3 is 1. The van der Waals surface area contributed by atoms with Crippen LogP contribution in [0, 0.1) is 18.3 Å². The summed E-state index contributed by atoms with van der Waals surface area (Å²) in [7, 11) is 1.29. The van der Waals surface area contributed by atoms with E-state index in [1.165, 1.54) is 23.8 Å². The summed E-state index contributed by atoms with van der Waals surface area (Å²) in [4.78, 5) is 61.7. The Kier molecular flexibility index (Phi) is 13.9. The van der Waals surface area contributed by atoms with Crippen molar-refractivity contribution in [3.8, 4) is 22.5 Å². The van der Waals surface area contributed by atoms with Gasteiger partial charge in [-0.15, -0.1) is 0 Å². The molecule has 5 atom stereocenters. The Labute approximate surface area is 399 Å². The van der Waals surface area contributed by atoms with Gasteiger partial charge in [0.25, 0.3) is 0 Å². The third-order valence-corrected chi connectivity index (χ3v) is 14.0. The van der Waals surface area contributed by atoms with E-state index < -0.39 is 12.1 Å². The summed E-state index contributed by atoms with van der Waals surface area (Å²) in [5.41, 5.74) is 7.98. The SMILES string of the molecule is COC(=O)N[C@H](C(=O)N1CCC[C@H]1c1nc(-c2ccc([C@H]3CC[C@H](c4ccc(-c5nc([C@@H]6CCCN6C(=O)[CH]C(C)C)[nH]c5Cl)cc4)N3c3ccc(C(C)(C)C)cc3)cc2)c(Cl)[nH]1)C(C)C. The van der Waals surface area contributed by atoms with Crippen LogP contribution in [0.2, 0.25) is 10.3 Å². The Morgan fingerprint density at radius 2 is 1.20 bits per heavy atom. The molecule has 0 unspecified atom stereocenters. The maximum absolute atomic E-state index is 13.8. The van der Waals surface area contributed by atoms with Crippen molar-refractivity contribution in [3.05, 3.63) is 118 Å². The van der Waals surface area contributed by atoms with Crippen molar-refractivity contribution in [1.29, 1.82) is 0 Å². The summed E-state index contributed by atoms with van der Waals surface area (Å²) >= 11 is 13.7. The Balaban J connectivity index is 1.03. The van der Waals surface area contributed by atoms with Gasteiger partial charge in [-0.05, 0) is 84.6 Å². The van der Waals surface area contributed by atoms with E-state index in [2.05, 4.69) is 114 Å². The first-order valence-electron chi connectivity index (χ1n) is 23.4. The van der Waals surface area contributed by atoms with Gasteiger partial charge < -0.3 is 34.7 Å². The molecule has 5 aromatic rings. The number of carbonyl (C=O) groups is 3. The number of carbonyl (C=O) groups excluding carboxylic acids is 3. The average molecular weight is 935 g/mol. The molecule has 1 radical (unpaired) electrons. The molecule has 5 heterocycles. The zero-order valence-corrected chi connectivity index (χ0v) is 40.8. The van der Waals surface area contributed by atoms with Crippen LogP contribution in [0.4, 0.5) is 10.5 Å². The Morgan fingerprint density at radius 1 is 0.712 bits per heavy atom. The molecule has 2 aromatic heterocycles. The second kappa shape index (κ2) is 19.5. The summed E-state index contributed by atoms with van der Waals surface area (Å²) < 4.78 is 4.81. The van der Waals surface area contributed by atoms with Crippen molar-refractivity contribution in [3.63, 3.8) is 0 Å². The topological polar surface area (TPSA) is 140 Å². The number of likely N-dealkylation sites (tertiary alicyclic amines) is 2. The smallest absolute Gasteiger partial charge is 0.407 e. The molecule has 14 heteroatoms. The fraction of sp³-hybridized carbons (Fsp3) is 0.462. The summed E-state index contributed by atoms with van der Waals surface area (Å²) in [6, 6.07) is 25.2. The molecular formula is C52H63Cl2N8O4. The zero-order valence-electron chi connectivity index (χ0n) is 39.3. The zero-order chi connectivity index (χ0) is 47.0. The van der Waals surface area contributed by atoms with Crippen molar-refractivity contribution >= 4 is 46.8 Å². The van der Waals surface area contributed by atoms with E-state index >= 15 is 0 Å². The Bertz CT molecular complexity index is 2510. The molecular weight excluding hydrogens is 872 g/mol. The summed E-state index contributed by atoms with van der Waals surface area (Å²) in [6.07, 6.45) is 6.35. The number of nitrogens with one attached hydrogen (secondary N) is 3. The van der Waals surface area contributed by atoms with Crippen LogP contribution < -0.4 is 10.2 Å². The van der Waals surface area contributed by atoms with Gasteiger partial charge in [0.2, 0.25) is 11.8 Å². The maximum atomic E-state index is 13.8. The molecule has 349 valence electrons. The number of H-pyrrole nitrogens is 2. The van der Waals surface area contributed by atoms with Crippen LogP contribution in [0.3, 0.4) is 0 Å². The number of nitrogens with zero attached hydrogens (tertiary/aromatic N) is 5. The lowest BCUT2D eigenvalue weighted by molar-refractivity contribution is -0.135. The second-order valence-corrected chi connectivity index (χ2v) is 20.5. The summed E-state index contributed by atoms with van der Waals surface area (Å²) in [5.74, 6) is 1.26. The van der Waals surface area contributed by atoms with E-state index in [4.69, 9.17) is 37.9 Å². The van der Waals surface area contributed by atoms with Gasteiger partial charge in [0.15, 0.2) is 0 Å². The van der Waals surface area contributed by atoms with E-state index in [1.54, 1.807) is 11.3 Å². The van der Waals surface area contributed by atoms with E-state index in [1.807, 2.05) is 32.6 Å². The molecule has 3 amide bonds. The average Bonchev–Trinajstić information content (AvgIpc) is 4.15. The van der Waals surface area contributed by atoms with Gasteiger partial charge in [0.05, 0.1) is 37.7 Å². The first kappa shape index (κ1) is 47.2. The van der Waals surface area contributed by atoms with Gasteiger partial charge in [0, 0.05) is 29.9 Å². The molecule has 0 spiro atoms. The van der Waals surface area contributed by atoms with E-state index in [0.717, 1.165) is 61.2 Å². The van der Waals surface area contributed by atoms with Gasteiger partial charge in [-0.2, -0.15) is 0 Å². The number of rotatable bonds is 12. The van der Waals surface area contributed by atoms with Crippen LogP contribution in [-0.2, 0) is 19.7 Å². The van der Waals surface area contributed by atoms with Crippen LogP contribution in [0.15, 0.2) is 72.8 Å². The molecule has 3 N–H and O–H groups in total. The predicted octanol–water partition coefficient (Wildman–Crippen LogP) is 11.7. The minimum Gasteiger partial charge on any atom is -0.453 e. The van der Waals surface area contributed by atoms with Crippen LogP contribution >= 0.6 is 23.2 Å². The molecule has 0 saturated carbocycles. The molecule has 0 bridgehead atoms. The molecule has 3 aliphatic rings. The Morgan fingerprint density at radius 3 is 1.65 bits per heavy atom. The second-order valence-electron chi connectivity index (χ2n) is 19.8. The molecule has 0 aliphatic carbocycles. The number of halogens is 2. The highest BCUT2D eigenvalue weighted by Gasteiger charge is 2.39. The maximum Gasteiger partial charge on any atom is 0.407 e. The number of benzene rings is 3. The van der Waals surface area contributed by atoms with Gasteiger partial charge >= 0.3 is 6.09 Å². The molecule has 3 fully saturated rings. The highest BCUT2D eigenvalue weighted by atomic mass is 35.5. The number of ether oxygens (including phenoxy) is 1. The lowest BCUT2D eigenvalue weighted by Crippen LogP contribution is -2.51. The number of aromatic amines is 2. The predicted molar refractivity (Wildman–Crippen MR) is 261 cm³/mol. The first-order valence-corrected chi connectivity index (χ1v) is 24.2. The highest BCUT2D eigenvalue weighted by Crippen LogP contribution is 2.48. The standard InChI is InChI=1S/C52H63Cl2N8O4/c1-30(2)29-42(63)60-27-9-11-40(60)48-55-44(46(53)58-48)34-17-13-32(14-18-34)38-25-26-39(62(38)37-23-21-36(22-24-37)52(5,6)7)33-15-19-35(20-16-33)45-47(54)59-49(56-45)41-12-10-28-61(41)50(64)43(31(3)4)57-51(65)66-8/h13-24,29-31,38-41,43H,9-12,25-28H2,1-8H3,(H,55,58)(H,56,59)(H,57,65)/t38-,39-,40+,41+,43+/m1/s1. The van der Waals surface area contributed by atoms with Crippen LogP contribution in [-0.4, -0.2) is 73.9 Å². The van der Waals surface area contributed by atoms with Gasteiger partial charge in [-0.1, -0.05) is 132 Å². The lowest BCUT2D eigenvalue weighted by atomic mass is 9.87. The van der Waals surface area contributed by atoms with Gasteiger partial charge in [-0.3, -0.25) is 9.59 Å². The Hall–Kier alpha value is -5.33. The number of anilines is 1. The quantitative estimate of drug-likeness (QED) is 0.113. The third kappa shape index (κ3) is 9.72. The molecule has 3 aromatic carbocycles.